The Morgan fingerprint density at radius 1 is 1.00 bits per heavy atom. The molecule has 1 amide bonds. The van der Waals surface area contributed by atoms with E-state index in [1.165, 1.54) is 0 Å². The summed E-state index contributed by atoms with van der Waals surface area (Å²) in [7, 11) is 3.09. The third kappa shape index (κ3) is 6.01. The summed E-state index contributed by atoms with van der Waals surface area (Å²) in [4.78, 5) is 37.7. The van der Waals surface area contributed by atoms with E-state index in [1.54, 1.807) is 47.1 Å². The van der Waals surface area contributed by atoms with E-state index in [4.69, 9.17) is 18.9 Å². The van der Waals surface area contributed by atoms with Crippen LogP contribution in [-0.4, -0.2) is 45.3 Å². The third-order valence-corrected chi connectivity index (χ3v) is 6.44. The molecule has 174 valence electrons. The molecule has 2 rings (SSSR count). The third-order valence-electron chi connectivity index (χ3n) is 4.51. The number of esters is 2. The van der Waals surface area contributed by atoms with Gasteiger partial charge in [0.1, 0.15) is 9.88 Å². The number of nitrogens with one attached hydrogen (secondary N) is 1. The largest absolute Gasteiger partial charge is 0.493 e. The van der Waals surface area contributed by atoms with Crippen molar-refractivity contribution in [3.63, 3.8) is 0 Å². The number of thiophene rings is 1. The molecule has 0 fully saturated rings. The maximum Gasteiger partial charge on any atom is 0.348 e. The molecule has 0 bridgehead atoms. The number of ether oxygens (including phenoxy) is 4. The highest BCUT2D eigenvalue weighted by Gasteiger charge is 2.27. The summed E-state index contributed by atoms with van der Waals surface area (Å²) < 4.78 is 21.5. The number of methoxy groups -OCH3 is 2. The minimum atomic E-state index is -0.602. The summed E-state index contributed by atoms with van der Waals surface area (Å²) in [5, 5.41) is 3.01. The molecular formula is C22H26BrNO7S. The molecule has 1 heterocycles. The van der Waals surface area contributed by atoms with Gasteiger partial charge in [0.2, 0.25) is 5.91 Å². The number of anilines is 1. The predicted octanol–water partition coefficient (Wildman–Crippen LogP) is 4.76. The van der Waals surface area contributed by atoms with Crippen LogP contribution in [0.25, 0.3) is 0 Å². The second-order valence-electron chi connectivity index (χ2n) is 6.55. The van der Waals surface area contributed by atoms with Crippen LogP contribution in [0.1, 0.15) is 51.4 Å². The van der Waals surface area contributed by atoms with Gasteiger partial charge in [0.15, 0.2) is 11.5 Å². The van der Waals surface area contributed by atoms with E-state index in [-0.39, 0.29) is 41.0 Å². The Hall–Kier alpha value is -2.59. The summed E-state index contributed by atoms with van der Waals surface area (Å²) in [6, 6.07) is 3.58. The summed E-state index contributed by atoms with van der Waals surface area (Å²) >= 11 is 4.48. The first-order chi connectivity index (χ1) is 15.3. The number of hydrogen-bond donors (Lipinski definition) is 1. The summed E-state index contributed by atoms with van der Waals surface area (Å²) in [5.41, 5.74) is 1.45. The molecule has 32 heavy (non-hydrogen) atoms. The minimum absolute atomic E-state index is 0.141. The quantitative estimate of drug-likeness (QED) is 0.444. The van der Waals surface area contributed by atoms with Gasteiger partial charge >= 0.3 is 11.9 Å². The zero-order valence-corrected chi connectivity index (χ0v) is 21.0. The zero-order chi connectivity index (χ0) is 23.8. The van der Waals surface area contributed by atoms with E-state index < -0.39 is 11.9 Å². The van der Waals surface area contributed by atoms with Gasteiger partial charge in [-0.05, 0) is 50.5 Å². The SMILES string of the molecule is CCOC(=O)c1sc(NC(=O)CCc2cc(OC)c(OC)cc2Br)c(C(=O)OCC)c1C. The fourth-order valence-electron chi connectivity index (χ4n) is 2.97. The van der Waals surface area contributed by atoms with Crippen molar-refractivity contribution in [1.82, 2.24) is 0 Å². The van der Waals surface area contributed by atoms with Crippen LogP contribution in [0.3, 0.4) is 0 Å². The van der Waals surface area contributed by atoms with Crippen LogP contribution >= 0.6 is 27.3 Å². The maximum absolute atomic E-state index is 12.7. The van der Waals surface area contributed by atoms with E-state index in [0.29, 0.717) is 23.5 Å². The van der Waals surface area contributed by atoms with Crippen molar-refractivity contribution in [3.05, 3.63) is 38.2 Å². The van der Waals surface area contributed by atoms with Crippen molar-refractivity contribution >= 4 is 50.1 Å². The van der Waals surface area contributed by atoms with Crippen molar-refractivity contribution in [3.8, 4) is 11.5 Å². The Balaban J connectivity index is 2.23. The van der Waals surface area contributed by atoms with Gasteiger partial charge in [0, 0.05) is 10.9 Å². The number of hydrogen-bond acceptors (Lipinski definition) is 8. The lowest BCUT2D eigenvalue weighted by molar-refractivity contribution is -0.116. The smallest absolute Gasteiger partial charge is 0.348 e. The van der Waals surface area contributed by atoms with Crippen molar-refractivity contribution in [1.29, 1.82) is 0 Å². The van der Waals surface area contributed by atoms with Gasteiger partial charge in [-0.3, -0.25) is 4.79 Å². The Kier molecular flexibility index (Phi) is 9.52. The van der Waals surface area contributed by atoms with Gasteiger partial charge in [-0.2, -0.15) is 0 Å². The molecule has 0 aliphatic carbocycles. The van der Waals surface area contributed by atoms with Crippen LogP contribution in [0.4, 0.5) is 5.00 Å². The standard InChI is InChI=1S/C22H26BrNO7S/c1-6-30-21(26)18-12(3)19(22(27)31-7-2)32-20(18)24-17(25)9-8-13-10-15(28-4)16(29-5)11-14(13)23/h10-11H,6-9H2,1-5H3,(H,24,25). The summed E-state index contributed by atoms with van der Waals surface area (Å²) in [5.74, 6) is -0.324. The molecule has 0 aliphatic rings. The van der Waals surface area contributed by atoms with Crippen LogP contribution in [0.15, 0.2) is 16.6 Å². The first kappa shape index (κ1) is 25.7. The summed E-state index contributed by atoms with van der Waals surface area (Å²) in [6.45, 7) is 5.38. The molecule has 0 atom stereocenters. The molecule has 1 aromatic carbocycles. The molecule has 0 spiro atoms. The first-order valence-corrected chi connectivity index (χ1v) is 11.6. The lowest BCUT2D eigenvalue weighted by atomic mass is 10.1. The van der Waals surface area contributed by atoms with Crippen molar-refractivity contribution in [2.75, 3.05) is 32.8 Å². The molecule has 0 unspecified atom stereocenters. The topological polar surface area (TPSA) is 100 Å². The zero-order valence-electron chi connectivity index (χ0n) is 18.6. The Labute approximate surface area is 199 Å². The van der Waals surface area contributed by atoms with Crippen molar-refractivity contribution in [2.45, 2.75) is 33.6 Å². The van der Waals surface area contributed by atoms with Crippen LogP contribution in [-0.2, 0) is 20.7 Å². The number of amides is 1. The number of halogens is 1. The number of carbonyl (C=O) groups excluding carboxylic acids is 3. The number of benzene rings is 1. The Morgan fingerprint density at radius 2 is 1.59 bits per heavy atom. The second kappa shape index (κ2) is 11.9. The van der Waals surface area contributed by atoms with Gasteiger partial charge in [0.05, 0.1) is 33.0 Å². The molecule has 10 heteroatoms. The minimum Gasteiger partial charge on any atom is -0.493 e. The molecule has 2 aromatic rings. The Bertz CT molecular complexity index is 1000. The van der Waals surface area contributed by atoms with Gasteiger partial charge in [-0.1, -0.05) is 15.9 Å². The number of carbonyl (C=O) groups is 3. The molecule has 0 aliphatic heterocycles. The van der Waals surface area contributed by atoms with Crippen LogP contribution < -0.4 is 14.8 Å². The van der Waals surface area contributed by atoms with E-state index in [9.17, 15) is 14.4 Å². The van der Waals surface area contributed by atoms with E-state index in [2.05, 4.69) is 21.2 Å². The van der Waals surface area contributed by atoms with Gasteiger partial charge < -0.3 is 24.3 Å². The maximum atomic E-state index is 12.7. The normalized spacial score (nSPS) is 10.4. The van der Waals surface area contributed by atoms with Crippen LogP contribution in [0.2, 0.25) is 0 Å². The van der Waals surface area contributed by atoms with Gasteiger partial charge in [-0.25, -0.2) is 9.59 Å². The summed E-state index contributed by atoms with van der Waals surface area (Å²) in [6.07, 6.45) is 0.554. The highest BCUT2D eigenvalue weighted by atomic mass is 79.9. The molecule has 1 N–H and O–H groups in total. The molecule has 0 saturated carbocycles. The number of rotatable bonds is 10. The van der Waals surface area contributed by atoms with Crippen LogP contribution in [0.5, 0.6) is 11.5 Å². The number of aryl methyl sites for hydroxylation is 1. The predicted molar refractivity (Wildman–Crippen MR) is 125 cm³/mol. The first-order valence-electron chi connectivity index (χ1n) is 9.95. The molecule has 0 saturated heterocycles. The van der Waals surface area contributed by atoms with Crippen molar-refractivity contribution < 1.29 is 33.3 Å². The average Bonchev–Trinajstić information content (AvgIpc) is 3.08. The lowest BCUT2D eigenvalue weighted by Gasteiger charge is -2.12. The van der Waals surface area contributed by atoms with E-state index in [1.807, 2.05) is 0 Å². The average molecular weight is 528 g/mol. The second-order valence-corrected chi connectivity index (χ2v) is 8.42. The lowest BCUT2D eigenvalue weighted by Crippen LogP contribution is -2.15. The van der Waals surface area contributed by atoms with Crippen molar-refractivity contribution in [2.24, 2.45) is 0 Å². The van der Waals surface area contributed by atoms with Gasteiger partial charge in [-0.15, -0.1) is 11.3 Å². The van der Waals surface area contributed by atoms with Crippen LogP contribution in [0, 0.1) is 6.92 Å². The molecular weight excluding hydrogens is 502 g/mol. The fourth-order valence-corrected chi connectivity index (χ4v) is 4.59. The highest BCUT2D eigenvalue weighted by Crippen LogP contribution is 2.36. The monoisotopic (exact) mass is 527 g/mol. The van der Waals surface area contributed by atoms with Gasteiger partial charge in [0.25, 0.3) is 0 Å². The highest BCUT2D eigenvalue weighted by molar-refractivity contribution is 9.10. The molecule has 1 aromatic heterocycles. The molecule has 8 nitrogen and oxygen atoms in total. The Morgan fingerprint density at radius 3 is 2.19 bits per heavy atom. The molecule has 0 radical (unpaired) electrons. The fraction of sp³-hybridized carbons (Fsp3) is 0.409. The van der Waals surface area contributed by atoms with E-state index >= 15 is 0 Å². The van der Waals surface area contributed by atoms with E-state index in [0.717, 1.165) is 21.4 Å².